The second-order valence-electron chi connectivity index (χ2n) is 8.34. The standard InChI is InChI=1S/C25H35N3O6S/c1-7-18(2)26-25(30)19(3)27(16-20-10-8-12-22(14-20)33-4)24(29)17-28(35(6,31)32)21-11-9-13-23(15-21)34-5/h8-15,18-19H,7,16-17H2,1-6H3,(H,26,30). The fourth-order valence-electron chi connectivity index (χ4n) is 3.39. The molecule has 0 aliphatic carbocycles. The van der Waals surface area contributed by atoms with E-state index in [0.29, 0.717) is 17.2 Å². The second-order valence-corrected chi connectivity index (χ2v) is 10.2. The van der Waals surface area contributed by atoms with Gasteiger partial charge < -0.3 is 19.7 Å². The molecule has 0 radical (unpaired) electrons. The van der Waals surface area contributed by atoms with Gasteiger partial charge in [-0.25, -0.2) is 8.42 Å². The van der Waals surface area contributed by atoms with Crippen molar-refractivity contribution < 1.29 is 27.5 Å². The van der Waals surface area contributed by atoms with Gasteiger partial charge in [0.1, 0.15) is 24.1 Å². The zero-order valence-electron chi connectivity index (χ0n) is 21.1. The molecule has 0 spiro atoms. The third-order valence-electron chi connectivity index (χ3n) is 5.68. The van der Waals surface area contributed by atoms with E-state index in [9.17, 15) is 18.0 Å². The van der Waals surface area contributed by atoms with E-state index >= 15 is 0 Å². The van der Waals surface area contributed by atoms with Crippen LogP contribution in [-0.4, -0.2) is 64.2 Å². The van der Waals surface area contributed by atoms with Gasteiger partial charge in [-0.05, 0) is 50.1 Å². The van der Waals surface area contributed by atoms with Gasteiger partial charge in [-0.2, -0.15) is 0 Å². The Morgan fingerprint density at radius 2 is 1.60 bits per heavy atom. The van der Waals surface area contributed by atoms with E-state index in [1.54, 1.807) is 56.5 Å². The summed E-state index contributed by atoms with van der Waals surface area (Å²) in [4.78, 5) is 27.9. The molecular weight excluding hydrogens is 470 g/mol. The van der Waals surface area contributed by atoms with E-state index in [-0.39, 0.29) is 18.5 Å². The highest BCUT2D eigenvalue weighted by Crippen LogP contribution is 2.24. The topological polar surface area (TPSA) is 105 Å². The van der Waals surface area contributed by atoms with Crippen LogP contribution in [0.4, 0.5) is 5.69 Å². The summed E-state index contributed by atoms with van der Waals surface area (Å²) in [6, 6.07) is 12.7. The van der Waals surface area contributed by atoms with Gasteiger partial charge in [0.15, 0.2) is 0 Å². The normalized spacial score (nSPS) is 12.9. The van der Waals surface area contributed by atoms with Gasteiger partial charge in [-0.1, -0.05) is 25.1 Å². The molecule has 0 aliphatic heterocycles. The van der Waals surface area contributed by atoms with E-state index in [4.69, 9.17) is 9.47 Å². The number of carbonyl (C=O) groups is 2. The average Bonchev–Trinajstić information content (AvgIpc) is 2.84. The molecule has 0 fully saturated rings. The van der Waals surface area contributed by atoms with Crippen LogP contribution in [0.3, 0.4) is 0 Å². The quantitative estimate of drug-likeness (QED) is 0.476. The highest BCUT2D eigenvalue weighted by Gasteiger charge is 2.30. The summed E-state index contributed by atoms with van der Waals surface area (Å²) in [5.41, 5.74) is 1.03. The Labute approximate surface area is 208 Å². The number of sulfonamides is 1. The molecule has 0 aromatic heterocycles. The first-order valence-electron chi connectivity index (χ1n) is 11.3. The summed E-state index contributed by atoms with van der Waals surface area (Å²) < 4.78 is 36.8. The lowest BCUT2D eigenvalue weighted by atomic mass is 10.1. The molecule has 9 nitrogen and oxygen atoms in total. The van der Waals surface area contributed by atoms with Crippen LogP contribution in [0.15, 0.2) is 48.5 Å². The molecule has 0 aliphatic rings. The molecule has 0 heterocycles. The minimum atomic E-state index is -3.81. The Morgan fingerprint density at radius 3 is 2.17 bits per heavy atom. The highest BCUT2D eigenvalue weighted by molar-refractivity contribution is 7.92. The minimum Gasteiger partial charge on any atom is -0.497 e. The number of benzene rings is 2. The molecule has 35 heavy (non-hydrogen) atoms. The van der Waals surface area contributed by atoms with Crippen molar-refractivity contribution in [3.63, 3.8) is 0 Å². The number of carbonyl (C=O) groups excluding carboxylic acids is 2. The Balaban J connectivity index is 2.41. The summed E-state index contributed by atoms with van der Waals surface area (Å²) in [5.74, 6) is 0.231. The molecule has 192 valence electrons. The Morgan fingerprint density at radius 1 is 1.00 bits per heavy atom. The number of ether oxygens (including phenoxy) is 2. The number of amides is 2. The van der Waals surface area contributed by atoms with Crippen LogP contribution in [0.25, 0.3) is 0 Å². The maximum Gasteiger partial charge on any atom is 0.244 e. The van der Waals surface area contributed by atoms with Crippen LogP contribution >= 0.6 is 0 Å². The molecule has 2 amide bonds. The Kier molecular flexibility index (Phi) is 9.94. The van der Waals surface area contributed by atoms with E-state index < -0.39 is 28.5 Å². The number of methoxy groups -OCH3 is 2. The van der Waals surface area contributed by atoms with Crippen LogP contribution in [0.1, 0.15) is 32.8 Å². The first-order valence-corrected chi connectivity index (χ1v) is 13.2. The molecule has 0 saturated carbocycles. The Hall–Kier alpha value is -3.27. The highest BCUT2D eigenvalue weighted by atomic mass is 32.2. The van der Waals surface area contributed by atoms with Crippen LogP contribution < -0.4 is 19.1 Å². The summed E-state index contributed by atoms with van der Waals surface area (Å²) in [5, 5.41) is 2.90. The zero-order valence-corrected chi connectivity index (χ0v) is 22.0. The number of nitrogens with zero attached hydrogens (tertiary/aromatic N) is 2. The molecular formula is C25H35N3O6S. The van der Waals surface area contributed by atoms with E-state index in [1.807, 2.05) is 19.9 Å². The molecule has 2 atom stereocenters. The zero-order chi connectivity index (χ0) is 26.2. The van der Waals surface area contributed by atoms with Crippen molar-refractivity contribution >= 4 is 27.5 Å². The van der Waals surface area contributed by atoms with Crippen molar-refractivity contribution in [1.29, 1.82) is 0 Å². The predicted octanol–water partition coefficient (Wildman–Crippen LogP) is 2.80. The van der Waals surface area contributed by atoms with Gasteiger partial charge in [0.2, 0.25) is 21.8 Å². The van der Waals surface area contributed by atoms with E-state index in [2.05, 4.69) is 5.32 Å². The Bertz CT molecular complexity index is 1120. The monoisotopic (exact) mass is 505 g/mol. The number of hydrogen-bond donors (Lipinski definition) is 1. The van der Waals surface area contributed by atoms with Crippen molar-refractivity contribution in [3.8, 4) is 11.5 Å². The average molecular weight is 506 g/mol. The van der Waals surface area contributed by atoms with Crippen molar-refractivity contribution in [2.24, 2.45) is 0 Å². The third-order valence-corrected chi connectivity index (χ3v) is 6.82. The summed E-state index contributed by atoms with van der Waals surface area (Å²) in [6.07, 6.45) is 1.77. The lowest BCUT2D eigenvalue weighted by Gasteiger charge is -2.32. The molecule has 2 rings (SSSR count). The molecule has 2 aromatic rings. The molecule has 2 unspecified atom stereocenters. The molecule has 2 aromatic carbocycles. The van der Waals surface area contributed by atoms with Gasteiger partial charge in [0.05, 0.1) is 26.2 Å². The van der Waals surface area contributed by atoms with Gasteiger partial charge >= 0.3 is 0 Å². The smallest absolute Gasteiger partial charge is 0.244 e. The SMILES string of the molecule is CCC(C)NC(=O)C(C)N(Cc1cccc(OC)c1)C(=O)CN(c1cccc(OC)c1)S(C)(=O)=O. The number of rotatable bonds is 12. The molecule has 0 saturated heterocycles. The lowest BCUT2D eigenvalue weighted by molar-refractivity contribution is -0.139. The van der Waals surface area contributed by atoms with Crippen molar-refractivity contribution in [2.75, 3.05) is 31.3 Å². The van der Waals surface area contributed by atoms with Crippen LogP contribution in [0.5, 0.6) is 11.5 Å². The first kappa shape index (κ1) is 28.0. The van der Waals surface area contributed by atoms with Crippen molar-refractivity contribution in [1.82, 2.24) is 10.2 Å². The second kappa shape index (κ2) is 12.4. The van der Waals surface area contributed by atoms with Gasteiger partial charge in [0.25, 0.3) is 0 Å². The number of hydrogen-bond acceptors (Lipinski definition) is 6. The van der Waals surface area contributed by atoms with Crippen LogP contribution in [0, 0.1) is 0 Å². The number of nitrogens with one attached hydrogen (secondary N) is 1. The molecule has 10 heteroatoms. The lowest BCUT2D eigenvalue weighted by Crippen LogP contribution is -2.52. The maximum absolute atomic E-state index is 13.6. The third kappa shape index (κ3) is 7.88. The first-order chi connectivity index (χ1) is 16.5. The van der Waals surface area contributed by atoms with E-state index in [0.717, 1.165) is 22.5 Å². The number of anilines is 1. The summed E-state index contributed by atoms with van der Waals surface area (Å²) in [6.45, 7) is 5.09. The maximum atomic E-state index is 13.6. The minimum absolute atomic E-state index is 0.0666. The predicted molar refractivity (Wildman–Crippen MR) is 136 cm³/mol. The van der Waals surface area contributed by atoms with Gasteiger partial charge in [-0.3, -0.25) is 13.9 Å². The van der Waals surface area contributed by atoms with Crippen LogP contribution in [0.2, 0.25) is 0 Å². The van der Waals surface area contributed by atoms with Crippen molar-refractivity contribution in [2.45, 2.75) is 45.8 Å². The molecule has 0 bridgehead atoms. The van der Waals surface area contributed by atoms with Gasteiger partial charge in [0, 0.05) is 18.7 Å². The fraction of sp³-hybridized carbons (Fsp3) is 0.440. The van der Waals surface area contributed by atoms with Crippen LogP contribution in [-0.2, 0) is 26.2 Å². The van der Waals surface area contributed by atoms with Crippen molar-refractivity contribution in [3.05, 3.63) is 54.1 Å². The van der Waals surface area contributed by atoms with E-state index in [1.165, 1.54) is 12.0 Å². The summed E-state index contributed by atoms with van der Waals surface area (Å²) >= 11 is 0. The fourth-order valence-corrected chi connectivity index (χ4v) is 4.24. The van der Waals surface area contributed by atoms with Gasteiger partial charge in [-0.15, -0.1) is 0 Å². The summed E-state index contributed by atoms with van der Waals surface area (Å²) in [7, 11) is -0.796. The largest absolute Gasteiger partial charge is 0.497 e. The molecule has 1 N–H and O–H groups in total.